The van der Waals surface area contributed by atoms with Gasteiger partial charge in [-0.15, -0.1) is 6.58 Å². The normalized spacial score (nSPS) is 13.5. The highest BCUT2D eigenvalue weighted by Gasteiger charge is 2.26. The van der Waals surface area contributed by atoms with Gasteiger partial charge in [0.2, 0.25) is 0 Å². The van der Waals surface area contributed by atoms with Crippen molar-refractivity contribution in [2.24, 2.45) is 0 Å². The zero-order valence-corrected chi connectivity index (χ0v) is 21.5. The summed E-state index contributed by atoms with van der Waals surface area (Å²) in [6, 6.07) is 0. The first kappa shape index (κ1) is 28.9. The van der Waals surface area contributed by atoms with Crippen molar-refractivity contribution >= 4 is 8.56 Å². The van der Waals surface area contributed by atoms with E-state index in [0.717, 1.165) is 26.1 Å². The third-order valence-electron chi connectivity index (χ3n) is 5.89. The summed E-state index contributed by atoms with van der Waals surface area (Å²) in [7, 11) is -2.14. The predicted molar refractivity (Wildman–Crippen MR) is 133 cm³/mol. The summed E-state index contributed by atoms with van der Waals surface area (Å²) in [4.78, 5) is 0. The molecule has 0 aromatic heterocycles. The van der Waals surface area contributed by atoms with Gasteiger partial charge in [0.1, 0.15) is 0 Å². The van der Waals surface area contributed by atoms with Crippen LogP contribution in [0.15, 0.2) is 12.3 Å². The van der Waals surface area contributed by atoms with Crippen molar-refractivity contribution in [3.05, 3.63) is 12.3 Å². The number of rotatable bonds is 24. The van der Waals surface area contributed by atoms with Gasteiger partial charge in [-0.25, -0.2) is 0 Å². The first-order valence-electron chi connectivity index (χ1n) is 13.1. The van der Waals surface area contributed by atoms with Crippen molar-refractivity contribution < 1.29 is 8.85 Å². The lowest BCUT2D eigenvalue weighted by Crippen LogP contribution is -2.37. The van der Waals surface area contributed by atoms with Crippen LogP contribution < -0.4 is 0 Å². The van der Waals surface area contributed by atoms with Crippen molar-refractivity contribution in [3.8, 4) is 0 Å². The molecule has 1 atom stereocenters. The fourth-order valence-electron chi connectivity index (χ4n) is 3.71. The Labute approximate surface area is 185 Å². The molecule has 0 spiro atoms. The molecule has 0 aliphatic heterocycles. The molecule has 0 aliphatic rings. The summed E-state index contributed by atoms with van der Waals surface area (Å²) >= 11 is 0. The van der Waals surface area contributed by atoms with E-state index >= 15 is 0 Å². The van der Waals surface area contributed by atoms with E-state index in [9.17, 15) is 0 Å². The lowest BCUT2D eigenvalue weighted by molar-refractivity contribution is 0.177. The maximum atomic E-state index is 6.13. The average Bonchev–Trinajstić information content (AvgIpc) is 2.73. The van der Waals surface area contributed by atoms with Crippen molar-refractivity contribution in [2.45, 2.75) is 142 Å². The van der Waals surface area contributed by atoms with E-state index in [1.54, 1.807) is 0 Å². The molecule has 0 aromatic rings. The van der Waals surface area contributed by atoms with Crippen molar-refractivity contribution in [3.63, 3.8) is 0 Å². The largest absolute Gasteiger partial charge is 0.391 e. The lowest BCUT2D eigenvalue weighted by atomic mass is 10.1. The van der Waals surface area contributed by atoms with Gasteiger partial charge in [-0.05, 0) is 25.1 Å². The Bertz CT molecular complexity index is 335. The summed E-state index contributed by atoms with van der Waals surface area (Å²) in [5.74, 6) is 0. The Morgan fingerprint density at radius 2 is 0.793 bits per heavy atom. The molecule has 2 nitrogen and oxygen atoms in total. The molecule has 0 heterocycles. The maximum Gasteiger partial charge on any atom is 0.361 e. The van der Waals surface area contributed by atoms with Crippen LogP contribution in [-0.2, 0) is 8.85 Å². The molecule has 0 aliphatic carbocycles. The zero-order chi connectivity index (χ0) is 21.5. The fraction of sp³-hybridized carbons (Fsp3) is 0.923. The Hall–Kier alpha value is -0.123. The Morgan fingerprint density at radius 3 is 1.07 bits per heavy atom. The third kappa shape index (κ3) is 20.9. The van der Waals surface area contributed by atoms with Gasteiger partial charge in [-0.3, -0.25) is 0 Å². The van der Waals surface area contributed by atoms with Crippen LogP contribution >= 0.6 is 0 Å². The van der Waals surface area contributed by atoms with Crippen LogP contribution in [0, 0.1) is 0 Å². The second-order valence-electron chi connectivity index (χ2n) is 8.93. The minimum absolute atomic E-state index is 0.836. The van der Waals surface area contributed by atoms with Gasteiger partial charge in [0.15, 0.2) is 0 Å². The van der Waals surface area contributed by atoms with Crippen molar-refractivity contribution in [2.75, 3.05) is 13.2 Å². The van der Waals surface area contributed by atoms with E-state index in [-0.39, 0.29) is 0 Å². The lowest BCUT2D eigenvalue weighted by Gasteiger charge is -2.23. The van der Waals surface area contributed by atoms with E-state index in [2.05, 4.69) is 27.0 Å². The topological polar surface area (TPSA) is 18.5 Å². The highest BCUT2D eigenvalue weighted by molar-refractivity contribution is 6.71. The van der Waals surface area contributed by atoms with Crippen molar-refractivity contribution in [1.82, 2.24) is 0 Å². The molecule has 174 valence electrons. The molecule has 0 bridgehead atoms. The van der Waals surface area contributed by atoms with Crippen LogP contribution in [0.1, 0.15) is 136 Å². The highest BCUT2D eigenvalue weighted by atomic mass is 28.4. The Balaban J connectivity index is 3.47. The quantitative estimate of drug-likeness (QED) is 0.113. The van der Waals surface area contributed by atoms with Crippen LogP contribution in [0.4, 0.5) is 0 Å². The molecule has 1 unspecified atom stereocenters. The number of hydrogen-bond acceptors (Lipinski definition) is 2. The number of unbranched alkanes of at least 4 members (excludes halogenated alkanes) is 17. The van der Waals surface area contributed by atoms with Gasteiger partial charge in [0, 0.05) is 13.2 Å². The maximum absolute atomic E-state index is 6.13. The molecule has 0 saturated heterocycles. The summed E-state index contributed by atoms with van der Waals surface area (Å²) in [5, 5.41) is 0. The molecule has 0 aromatic carbocycles. The van der Waals surface area contributed by atoms with Gasteiger partial charge >= 0.3 is 8.56 Å². The molecule has 0 saturated carbocycles. The van der Waals surface area contributed by atoms with E-state index in [4.69, 9.17) is 8.85 Å². The van der Waals surface area contributed by atoms with Crippen LogP contribution in [-0.4, -0.2) is 21.8 Å². The first-order chi connectivity index (χ1) is 14.2. The zero-order valence-electron chi connectivity index (χ0n) is 20.5. The molecule has 0 rings (SSSR count). The molecular formula is C26H54O2Si. The van der Waals surface area contributed by atoms with Gasteiger partial charge < -0.3 is 8.85 Å². The molecule has 0 fully saturated rings. The third-order valence-corrected chi connectivity index (χ3v) is 8.19. The van der Waals surface area contributed by atoms with Crippen molar-refractivity contribution in [1.29, 1.82) is 0 Å². The van der Waals surface area contributed by atoms with Crippen LogP contribution in [0.3, 0.4) is 0 Å². The molecule has 3 heteroatoms. The monoisotopic (exact) mass is 426 g/mol. The second kappa shape index (κ2) is 22.6. The summed E-state index contributed by atoms with van der Waals surface area (Å²) in [6.07, 6.45) is 25.8. The van der Waals surface area contributed by atoms with Crippen LogP contribution in [0.5, 0.6) is 0 Å². The SMILES string of the molecule is C=C[Si](C)(OCCCCCCCCCCC)OCCCCCCCCCCCC. The molecule has 0 N–H and O–H groups in total. The smallest absolute Gasteiger partial charge is 0.361 e. The summed E-state index contributed by atoms with van der Waals surface area (Å²) in [5.41, 5.74) is 1.96. The Morgan fingerprint density at radius 1 is 0.517 bits per heavy atom. The van der Waals surface area contributed by atoms with Gasteiger partial charge in [0.25, 0.3) is 0 Å². The molecular weight excluding hydrogens is 372 g/mol. The molecule has 0 radical (unpaired) electrons. The molecule has 29 heavy (non-hydrogen) atoms. The highest BCUT2D eigenvalue weighted by Crippen LogP contribution is 2.14. The van der Waals surface area contributed by atoms with E-state index in [0.29, 0.717) is 0 Å². The predicted octanol–water partition coefficient (Wildman–Crippen LogP) is 9.27. The van der Waals surface area contributed by atoms with Gasteiger partial charge in [0.05, 0.1) is 0 Å². The second-order valence-corrected chi connectivity index (χ2v) is 11.9. The first-order valence-corrected chi connectivity index (χ1v) is 15.5. The average molecular weight is 427 g/mol. The fourth-order valence-corrected chi connectivity index (χ4v) is 5.13. The standard InChI is InChI=1S/C26H54O2Si/c1-5-8-10-12-14-16-18-20-22-24-26-28-29(4,7-3)27-25-23-21-19-17-15-13-11-9-6-2/h7H,3,5-6,8-26H2,1-2,4H3. The van der Waals surface area contributed by atoms with E-state index < -0.39 is 8.56 Å². The van der Waals surface area contributed by atoms with E-state index in [1.165, 1.54) is 109 Å². The Kier molecular flexibility index (Phi) is 22.5. The van der Waals surface area contributed by atoms with Gasteiger partial charge in [-0.1, -0.05) is 123 Å². The van der Waals surface area contributed by atoms with Crippen LogP contribution in [0.2, 0.25) is 6.55 Å². The molecule has 0 amide bonds. The van der Waals surface area contributed by atoms with E-state index in [1.807, 2.05) is 5.70 Å². The summed E-state index contributed by atoms with van der Waals surface area (Å²) in [6.45, 7) is 12.4. The number of hydrogen-bond donors (Lipinski definition) is 0. The minimum Gasteiger partial charge on any atom is -0.391 e. The minimum atomic E-state index is -2.14. The van der Waals surface area contributed by atoms with Gasteiger partial charge in [-0.2, -0.15) is 0 Å². The summed E-state index contributed by atoms with van der Waals surface area (Å²) < 4.78 is 12.3. The van der Waals surface area contributed by atoms with Crippen LogP contribution in [0.25, 0.3) is 0 Å².